The first-order valence-corrected chi connectivity index (χ1v) is 12.4. The predicted molar refractivity (Wildman–Crippen MR) is 124 cm³/mol. The summed E-state index contributed by atoms with van der Waals surface area (Å²) in [6.45, 7) is 6.10. The average Bonchev–Trinajstić information content (AvgIpc) is 2.82. The molecule has 2 atom stereocenters. The summed E-state index contributed by atoms with van der Waals surface area (Å²) in [6, 6.07) is 4.75. The van der Waals surface area contributed by atoms with Gasteiger partial charge in [-0.3, -0.25) is 13.8 Å². The summed E-state index contributed by atoms with van der Waals surface area (Å²) in [5.74, 6) is -1.12. The molecule has 2 amide bonds. The lowest BCUT2D eigenvalue weighted by Gasteiger charge is -2.16. The van der Waals surface area contributed by atoms with Gasteiger partial charge >= 0.3 is 5.97 Å². The largest absolute Gasteiger partial charge is 0.462 e. The summed E-state index contributed by atoms with van der Waals surface area (Å²) in [5.41, 5.74) is 0.953. The summed E-state index contributed by atoms with van der Waals surface area (Å²) in [7, 11) is -3.80. The molecule has 0 saturated heterocycles. The van der Waals surface area contributed by atoms with Gasteiger partial charge in [-0.25, -0.2) is 4.79 Å². The highest BCUT2D eigenvalue weighted by atomic mass is 32.2. The van der Waals surface area contributed by atoms with Crippen molar-refractivity contribution < 1.29 is 45.9 Å². The fourth-order valence-electron chi connectivity index (χ4n) is 2.42. The molecule has 0 aliphatic heterocycles. The van der Waals surface area contributed by atoms with Gasteiger partial charge in [0.2, 0.25) is 12.3 Å². The van der Waals surface area contributed by atoms with E-state index in [-0.39, 0.29) is 51.1 Å². The van der Waals surface area contributed by atoms with E-state index in [4.69, 9.17) is 23.1 Å². The van der Waals surface area contributed by atoms with Crippen molar-refractivity contribution in [2.75, 3.05) is 52.9 Å². The molecule has 0 bridgehead atoms. The third kappa shape index (κ3) is 13.2. The third-order valence-electron chi connectivity index (χ3n) is 4.42. The molecule has 2 N–H and O–H groups in total. The van der Waals surface area contributed by atoms with Crippen molar-refractivity contribution >= 4 is 28.4 Å². The second-order valence-corrected chi connectivity index (χ2v) is 8.95. The van der Waals surface area contributed by atoms with Gasteiger partial charge in [-0.15, -0.1) is 0 Å². The number of esters is 1. The minimum atomic E-state index is -3.80. The lowest BCUT2D eigenvalue weighted by atomic mass is 10.2. The average molecular weight is 519 g/mol. The third-order valence-corrected chi connectivity index (χ3v) is 5.74. The van der Waals surface area contributed by atoms with Crippen LogP contribution in [-0.2, 0) is 47.6 Å². The van der Waals surface area contributed by atoms with Crippen molar-refractivity contribution in [3.05, 3.63) is 29.8 Å². The van der Waals surface area contributed by atoms with E-state index in [0.717, 1.165) is 5.56 Å². The van der Waals surface area contributed by atoms with Crippen LogP contribution in [0.25, 0.3) is 0 Å². The zero-order valence-electron chi connectivity index (χ0n) is 20.2. The molecule has 12 nitrogen and oxygen atoms in total. The molecule has 1 aromatic rings. The normalized spacial score (nSPS) is 13.0. The highest BCUT2D eigenvalue weighted by Crippen LogP contribution is 2.12. The zero-order chi connectivity index (χ0) is 26.1. The van der Waals surface area contributed by atoms with Crippen molar-refractivity contribution in [3.63, 3.8) is 0 Å². The van der Waals surface area contributed by atoms with Crippen molar-refractivity contribution in [3.8, 4) is 0 Å². The molecule has 13 heteroatoms. The second kappa shape index (κ2) is 16.9. The summed E-state index contributed by atoms with van der Waals surface area (Å²) in [5, 5.41) is 4.71. The Hall–Kier alpha value is -2.58. The maximum Gasteiger partial charge on any atom is 0.328 e. The summed E-state index contributed by atoms with van der Waals surface area (Å²) in [4.78, 5) is 33.9. The Kier molecular flexibility index (Phi) is 14.7. The number of rotatable bonds is 19. The standard InChI is InChI=1S/C22H34N2O10S/c1-17-4-6-20(7-5-17)35(28,29)34-15-13-32-11-9-30-8-10-31-12-14-33-22(27)19(3)24-21(26)18(2)23-16-25/h4-7,16,18-19H,8-15H2,1-3H3,(H,23,25)(H,24,26)/t18-,19?/m0/s1. The number of amides is 2. The fraction of sp³-hybridized carbons (Fsp3) is 0.591. The number of nitrogens with one attached hydrogen (secondary N) is 2. The van der Waals surface area contributed by atoms with E-state index in [1.54, 1.807) is 12.1 Å². The van der Waals surface area contributed by atoms with Crippen LogP contribution >= 0.6 is 0 Å². The van der Waals surface area contributed by atoms with E-state index < -0.39 is 34.1 Å². The van der Waals surface area contributed by atoms with Crippen molar-refractivity contribution in [1.82, 2.24) is 10.6 Å². The first-order chi connectivity index (χ1) is 16.7. The minimum Gasteiger partial charge on any atom is -0.462 e. The Balaban J connectivity index is 1.97. The summed E-state index contributed by atoms with van der Waals surface area (Å²) < 4.78 is 49.8. The smallest absolute Gasteiger partial charge is 0.328 e. The van der Waals surface area contributed by atoms with E-state index in [9.17, 15) is 22.8 Å². The van der Waals surface area contributed by atoms with Gasteiger partial charge in [-0.2, -0.15) is 8.42 Å². The Morgan fingerprint density at radius 1 is 0.857 bits per heavy atom. The number of carbonyl (C=O) groups excluding carboxylic acids is 3. The molecule has 0 aliphatic carbocycles. The Labute approximate surface area is 205 Å². The monoisotopic (exact) mass is 518 g/mol. The van der Waals surface area contributed by atoms with Crippen molar-refractivity contribution in [2.24, 2.45) is 0 Å². The van der Waals surface area contributed by atoms with Crippen molar-refractivity contribution in [2.45, 2.75) is 37.8 Å². The van der Waals surface area contributed by atoms with Crippen molar-refractivity contribution in [1.29, 1.82) is 0 Å². The van der Waals surface area contributed by atoms with Gasteiger partial charge in [0.1, 0.15) is 18.7 Å². The molecule has 0 saturated carbocycles. The van der Waals surface area contributed by atoms with Crippen LogP contribution in [0.5, 0.6) is 0 Å². The van der Waals surface area contributed by atoms with E-state index >= 15 is 0 Å². The van der Waals surface area contributed by atoms with Gasteiger partial charge in [0.15, 0.2) is 0 Å². The number of hydrogen-bond donors (Lipinski definition) is 2. The highest BCUT2D eigenvalue weighted by Gasteiger charge is 2.20. The maximum absolute atomic E-state index is 12.0. The molecule has 1 unspecified atom stereocenters. The van der Waals surface area contributed by atoms with Gasteiger partial charge in [0.05, 0.1) is 51.1 Å². The number of ether oxygens (including phenoxy) is 4. The van der Waals surface area contributed by atoms with E-state index in [0.29, 0.717) is 13.0 Å². The van der Waals surface area contributed by atoms with Crippen LogP contribution in [-0.4, -0.2) is 91.6 Å². The Morgan fingerprint density at radius 2 is 1.37 bits per heavy atom. The van der Waals surface area contributed by atoms with E-state index in [1.807, 2.05) is 6.92 Å². The quantitative estimate of drug-likeness (QED) is 0.110. The van der Waals surface area contributed by atoms with E-state index in [2.05, 4.69) is 10.6 Å². The molecular formula is C22H34N2O10S. The van der Waals surface area contributed by atoms with Crippen LogP contribution < -0.4 is 10.6 Å². The number of benzene rings is 1. The second-order valence-electron chi connectivity index (χ2n) is 7.33. The minimum absolute atomic E-state index is 0.00971. The van der Waals surface area contributed by atoms with Crippen LogP contribution in [0.4, 0.5) is 0 Å². The molecule has 0 aromatic heterocycles. The first kappa shape index (κ1) is 30.5. The molecule has 198 valence electrons. The topological polar surface area (TPSA) is 156 Å². The maximum atomic E-state index is 12.0. The van der Waals surface area contributed by atoms with Gasteiger partial charge in [0, 0.05) is 0 Å². The number of aryl methyl sites for hydroxylation is 1. The van der Waals surface area contributed by atoms with E-state index in [1.165, 1.54) is 26.0 Å². The van der Waals surface area contributed by atoms with Gasteiger partial charge < -0.3 is 29.6 Å². The molecule has 0 radical (unpaired) electrons. The van der Waals surface area contributed by atoms with Crippen LogP contribution in [0.15, 0.2) is 29.2 Å². The molecule has 0 heterocycles. The van der Waals surface area contributed by atoms with Gasteiger partial charge in [-0.1, -0.05) is 17.7 Å². The SMILES string of the molecule is Cc1ccc(S(=O)(=O)OCCOCCOCCOCCOC(=O)C(C)NC(=O)[C@H](C)NC=O)cc1. The fourth-order valence-corrected chi connectivity index (χ4v) is 3.31. The van der Waals surface area contributed by atoms with Crippen LogP contribution in [0.3, 0.4) is 0 Å². The van der Waals surface area contributed by atoms with Crippen LogP contribution in [0.1, 0.15) is 19.4 Å². The predicted octanol–water partition coefficient (Wildman–Crippen LogP) is -0.0675. The lowest BCUT2D eigenvalue weighted by Crippen LogP contribution is -2.48. The van der Waals surface area contributed by atoms with Gasteiger partial charge in [0.25, 0.3) is 10.1 Å². The van der Waals surface area contributed by atoms with Crippen LogP contribution in [0, 0.1) is 6.92 Å². The molecule has 0 spiro atoms. The molecule has 0 fully saturated rings. The first-order valence-electron chi connectivity index (χ1n) is 11.0. The summed E-state index contributed by atoms with van der Waals surface area (Å²) in [6.07, 6.45) is 0.402. The number of carbonyl (C=O) groups is 3. The van der Waals surface area contributed by atoms with Gasteiger partial charge in [-0.05, 0) is 32.9 Å². The Bertz CT molecular complexity index is 877. The zero-order valence-corrected chi connectivity index (χ0v) is 21.0. The molecule has 35 heavy (non-hydrogen) atoms. The lowest BCUT2D eigenvalue weighted by molar-refractivity contribution is -0.149. The summed E-state index contributed by atoms with van der Waals surface area (Å²) >= 11 is 0. The Morgan fingerprint density at radius 3 is 1.91 bits per heavy atom. The molecule has 0 aliphatic rings. The number of hydrogen-bond acceptors (Lipinski definition) is 10. The highest BCUT2D eigenvalue weighted by molar-refractivity contribution is 7.86. The molecule has 1 aromatic carbocycles. The van der Waals surface area contributed by atoms with Crippen LogP contribution in [0.2, 0.25) is 0 Å². The molecule has 1 rings (SSSR count). The molecular weight excluding hydrogens is 484 g/mol.